The van der Waals surface area contributed by atoms with Gasteiger partial charge in [-0.1, -0.05) is 66.7 Å². The van der Waals surface area contributed by atoms with E-state index in [9.17, 15) is 4.79 Å². The molecule has 0 bridgehead atoms. The molecule has 0 aliphatic heterocycles. The molecule has 0 N–H and O–H groups in total. The maximum Gasteiger partial charge on any atom is 0.219 e. The highest BCUT2D eigenvalue weighted by atomic mass is 16.2. The maximum absolute atomic E-state index is 11.7. The van der Waals surface area contributed by atoms with Gasteiger partial charge in [0.1, 0.15) is 0 Å². The number of hydrogen-bond donors (Lipinski definition) is 0. The summed E-state index contributed by atoms with van der Waals surface area (Å²) < 4.78 is 0. The molecule has 0 aromatic heterocycles. The molecule has 1 amide bonds. The Kier molecular flexibility index (Phi) is 5.96. The molecule has 2 nitrogen and oxygen atoms in total. The summed E-state index contributed by atoms with van der Waals surface area (Å²) in [4.78, 5) is 13.5. The first-order chi connectivity index (χ1) is 10.7. The van der Waals surface area contributed by atoms with Crippen LogP contribution in [-0.2, 0) is 4.79 Å². The summed E-state index contributed by atoms with van der Waals surface area (Å²) in [5, 5.41) is 0. The molecule has 0 aliphatic rings. The zero-order valence-corrected chi connectivity index (χ0v) is 13.1. The summed E-state index contributed by atoms with van der Waals surface area (Å²) in [5.74, 6) is 0.397. The molecule has 0 atom stereocenters. The minimum atomic E-state index is 0.0970. The van der Waals surface area contributed by atoms with Crippen LogP contribution in [-0.4, -0.2) is 23.9 Å². The lowest BCUT2D eigenvalue weighted by Crippen LogP contribution is -2.30. The summed E-state index contributed by atoms with van der Waals surface area (Å²) >= 11 is 0. The molecule has 0 aliphatic carbocycles. The van der Waals surface area contributed by atoms with Gasteiger partial charge in [-0.15, -0.1) is 6.58 Å². The van der Waals surface area contributed by atoms with E-state index in [0.717, 1.165) is 13.0 Å². The highest BCUT2D eigenvalue weighted by Gasteiger charge is 2.16. The Hall–Kier alpha value is -2.35. The van der Waals surface area contributed by atoms with Gasteiger partial charge in [0.25, 0.3) is 0 Å². The third-order valence-corrected chi connectivity index (χ3v) is 3.89. The van der Waals surface area contributed by atoms with Gasteiger partial charge in [-0.25, -0.2) is 0 Å². The molecule has 2 rings (SSSR count). The summed E-state index contributed by atoms with van der Waals surface area (Å²) in [6, 6.07) is 21.0. The van der Waals surface area contributed by atoms with Crippen LogP contribution in [0.15, 0.2) is 73.3 Å². The van der Waals surface area contributed by atoms with E-state index >= 15 is 0 Å². The SMILES string of the molecule is C=CCN(CCC(c1ccccc1)c1ccccc1)C(C)=O. The Balaban J connectivity index is 2.19. The topological polar surface area (TPSA) is 20.3 Å². The predicted octanol–water partition coefficient (Wildman–Crippen LogP) is 4.24. The Morgan fingerprint density at radius 2 is 1.55 bits per heavy atom. The Bertz CT molecular complexity index is 552. The number of carbonyl (C=O) groups is 1. The molecule has 114 valence electrons. The third-order valence-electron chi connectivity index (χ3n) is 3.89. The number of rotatable bonds is 7. The fraction of sp³-hybridized carbons (Fsp3) is 0.250. The van der Waals surface area contributed by atoms with Crippen molar-refractivity contribution in [3.05, 3.63) is 84.4 Å². The van der Waals surface area contributed by atoms with Gasteiger partial charge in [-0.2, -0.15) is 0 Å². The highest BCUT2D eigenvalue weighted by Crippen LogP contribution is 2.28. The first-order valence-corrected chi connectivity index (χ1v) is 7.68. The molecule has 0 saturated carbocycles. The van der Waals surface area contributed by atoms with E-state index in [-0.39, 0.29) is 5.91 Å². The lowest BCUT2D eigenvalue weighted by Gasteiger charge is -2.24. The van der Waals surface area contributed by atoms with Gasteiger partial charge in [0.15, 0.2) is 0 Å². The van der Waals surface area contributed by atoms with Crippen LogP contribution >= 0.6 is 0 Å². The summed E-state index contributed by atoms with van der Waals surface area (Å²) in [6.45, 7) is 6.68. The van der Waals surface area contributed by atoms with Gasteiger partial charge in [0, 0.05) is 25.9 Å². The van der Waals surface area contributed by atoms with Crippen molar-refractivity contribution < 1.29 is 4.79 Å². The third kappa shape index (κ3) is 4.32. The Morgan fingerprint density at radius 1 is 1.05 bits per heavy atom. The van der Waals surface area contributed by atoms with Gasteiger partial charge in [-0.05, 0) is 17.5 Å². The predicted molar refractivity (Wildman–Crippen MR) is 91.8 cm³/mol. The fourth-order valence-corrected chi connectivity index (χ4v) is 2.71. The van der Waals surface area contributed by atoms with Gasteiger partial charge < -0.3 is 4.90 Å². The van der Waals surface area contributed by atoms with Crippen LogP contribution < -0.4 is 0 Å². The average molecular weight is 293 g/mol. The zero-order chi connectivity index (χ0) is 15.8. The second-order valence-electron chi connectivity index (χ2n) is 5.42. The standard InChI is InChI=1S/C20H23NO/c1-3-15-21(17(2)22)16-14-20(18-10-6-4-7-11-18)19-12-8-5-9-13-19/h3-13,20H,1,14-16H2,2H3. The molecule has 2 aromatic rings. The van der Waals surface area contributed by atoms with E-state index in [4.69, 9.17) is 0 Å². The van der Waals surface area contributed by atoms with E-state index in [1.165, 1.54) is 11.1 Å². The number of hydrogen-bond acceptors (Lipinski definition) is 1. The average Bonchev–Trinajstić information content (AvgIpc) is 2.56. The van der Waals surface area contributed by atoms with Crippen LogP contribution in [0.5, 0.6) is 0 Å². The molecule has 22 heavy (non-hydrogen) atoms. The summed E-state index contributed by atoms with van der Waals surface area (Å²) in [6.07, 6.45) is 2.68. The molecule has 2 aromatic carbocycles. The van der Waals surface area contributed by atoms with Crippen molar-refractivity contribution >= 4 is 5.91 Å². The minimum absolute atomic E-state index is 0.0970. The van der Waals surface area contributed by atoms with E-state index in [1.54, 1.807) is 13.0 Å². The van der Waals surface area contributed by atoms with Crippen molar-refractivity contribution in [1.29, 1.82) is 0 Å². The van der Waals surface area contributed by atoms with Gasteiger partial charge >= 0.3 is 0 Å². The van der Waals surface area contributed by atoms with E-state index < -0.39 is 0 Å². The normalized spacial score (nSPS) is 10.5. The lowest BCUT2D eigenvalue weighted by atomic mass is 9.88. The molecular formula is C20H23NO. The summed E-state index contributed by atoms with van der Waals surface area (Å²) in [5.41, 5.74) is 2.58. The van der Waals surface area contributed by atoms with Crippen LogP contribution in [0.25, 0.3) is 0 Å². The quantitative estimate of drug-likeness (QED) is 0.699. The molecule has 0 radical (unpaired) electrons. The second kappa shape index (κ2) is 8.18. The van der Waals surface area contributed by atoms with Crippen molar-refractivity contribution in [2.45, 2.75) is 19.3 Å². The number of nitrogens with zero attached hydrogens (tertiary/aromatic N) is 1. The van der Waals surface area contributed by atoms with Crippen molar-refractivity contribution in [3.8, 4) is 0 Å². The van der Waals surface area contributed by atoms with Crippen LogP contribution in [0.1, 0.15) is 30.4 Å². The van der Waals surface area contributed by atoms with Gasteiger partial charge in [-0.3, -0.25) is 4.79 Å². The second-order valence-corrected chi connectivity index (χ2v) is 5.42. The molecule has 0 unspecified atom stereocenters. The molecule has 2 heteroatoms. The van der Waals surface area contributed by atoms with E-state index in [1.807, 2.05) is 17.0 Å². The molecular weight excluding hydrogens is 270 g/mol. The minimum Gasteiger partial charge on any atom is -0.339 e. The van der Waals surface area contributed by atoms with Crippen LogP contribution in [0.3, 0.4) is 0 Å². The van der Waals surface area contributed by atoms with Crippen molar-refractivity contribution in [1.82, 2.24) is 4.90 Å². The van der Waals surface area contributed by atoms with E-state index in [0.29, 0.717) is 12.5 Å². The first-order valence-electron chi connectivity index (χ1n) is 7.68. The first kappa shape index (κ1) is 16.0. The van der Waals surface area contributed by atoms with Gasteiger partial charge in [0.2, 0.25) is 5.91 Å². The number of carbonyl (C=O) groups excluding carboxylic acids is 1. The Labute approximate surface area is 133 Å². The highest BCUT2D eigenvalue weighted by molar-refractivity contribution is 5.73. The van der Waals surface area contributed by atoms with Crippen molar-refractivity contribution in [2.75, 3.05) is 13.1 Å². The molecule has 0 fully saturated rings. The maximum atomic E-state index is 11.7. The smallest absolute Gasteiger partial charge is 0.219 e. The number of amides is 1. The van der Waals surface area contributed by atoms with E-state index in [2.05, 4.69) is 55.1 Å². The van der Waals surface area contributed by atoms with Crippen LogP contribution in [0.2, 0.25) is 0 Å². The number of benzene rings is 2. The lowest BCUT2D eigenvalue weighted by molar-refractivity contribution is -0.128. The van der Waals surface area contributed by atoms with Crippen molar-refractivity contribution in [3.63, 3.8) is 0 Å². The summed E-state index contributed by atoms with van der Waals surface area (Å²) in [7, 11) is 0. The van der Waals surface area contributed by atoms with Crippen molar-refractivity contribution in [2.24, 2.45) is 0 Å². The largest absolute Gasteiger partial charge is 0.339 e. The van der Waals surface area contributed by atoms with Crippen LogP contribution in [0.4, 0.5) is 0 Å². The Morgan fingerprint density at radius 3 is 1.95 bits per heavy atom. The van der Waals surface area contributed by atoms with Crippen LogP contribution in [0, 0.1) is 0 Å². The molecule has 0 saturated heterocycles. The molecule has 0 spiro atoms. The fourth-order valence-electron chi connectivity index (χ4n) is 2.71. The monoisotopic (exact) mass is 293 g/mol. The van der Waals surface area contributed by atoms with Gasteiger partial charge in [0.05, 0.1) is 0 Å². The molecule has 0 heterocycles. The zero-order valence-electron chi connectivity index (χ0n) is 13.1.